The molecule has 27 heavy (non-hydrogen) atoms. The van der Waals surface area contributed by atoms with Gasteiger partial charge in [0.2, 0.25) is 0 Å². The molecular weight excluding hydrogens is 346 g/mol. The average molecular weight is 371 g/mol. The first-order valence-electron chi connectivity index (χ1n) is 9.46. The standard InChI is InChI=1S/C20H25N3O4/c1-3-10-23-19(25)16-7-5-4-6-15(16)18(21-23)20(26)27-13-17(24)22-11-8-14(2)9-12-22/h4-7,14H,3,8-13H2,1-2H3. The average Bonchev–Trinajstić information content (AvgIpc) is 2.68. The molecule has 1 fully saturated rings. The van der Waals surface area contributed by atoms with Crippen LogP contribution in [0.15, 0.2) is 29.1 Å². The Bertz CT molecular complexity index is 898. The molecule has 2 aromatic rings. The van der Waals surface area contributed by atoms with E-state index in [1.807, 2.05) is 6.92 Å². The van der Waals surface area contributed by atoms with Crippen molar-refractivity contribution in [2.24, 2.45) is 5.92 Å². The largest absolute Gasteiger partial charge is 0.451 e. The number of piperidine rings is 1. The highest BCUT2D eigenvalue weighted by Crippen LogP contribution is 2.17. The fourth-order valence-corrected chi connectivity index (χ4v) is 3.29. The maximum absolute atomic E-state index is 12.6. The number of carbonyl (C=O) groups excluding carboxylic acids is 2. The van der Waals surface area contributed by atoms with Crippen molar-refractivity contribution >= 4 is 22.6 Å². The number of esters is 1. The zero-order chi connectivity index (χ0) is 19.4. The molecule has 0 saturated carbocycles. The van der Waals surface area contributed by atoms with E-state index in [1.165, 1.54) is 4.68 Å². The maximum atomic E-state index is 12.6. The van der Waals surface area contributed by atoms with Crippen LogP contribution in [0, 0.1) is 5.92 Å². The summed E-state index contributed by atoms with van der Waals surface area (Å²) in [5.41, 5.74) is -0.166. The second kappa shape index (κ2) is 8.33. The van der Waals surface area contributed by atoms with Crippen molar-refractivity contribution < 1.29 is 14.3 Å². The number of hydrogen-bond donors (Lipinski definition) is 0. The zero-order valence-electron chi connectivity index (χ0n) is 15.8. The summed E-state index contributed by atoms with van der Waals surface area (Å²) in [5.74, 6) is -0.261. The number of nitrogens with zero attached hydrogens (tertiary/aromatic N) is 3. The van der Waals surface area contributed by atoms with Crippen molar-refractivity contribution in [1.82, 2.24) is 14.7 Å². The van der Waals surface area contributed by atoms with Crippen LogP contribution in [0.1, 0.15) is 43.6 Å². The number of hydrogen-bond acceptors (Lipinski definition) is 5. The molecule has 0 radical (unpaired) electrons. The third-order valence-corrected chi connectivity index (χ3v) is 4.96. The van der Waals surface area contributed by atoms with E-state index in [1.54, 1.807) is 29.2 Å². The molecule has 0 bridgehead atoms. The van der Waals surface area contributed by atoms with Crippen molar-refractivity contribution in [3.8, 4) is 0 Å². The Kier molecular flexibility index (Phi) is 5.88. The number of ether oxygens (including phenoxy) is 1. The van der Waals surface area contributed by atoms with Gasteiger partial charge in [-0.3, -0.25) is 9.59 Å². The molecule has 0 aliphatic carbocycles. The van der Waals surface area contributed by atoms with Crippen molar-refractivity contribution in [2.75, 3.05) is 19.7 Å². The number of carbonyl (C=O) groups is 2. The Labute approximate surface area is 157 Å². The minimum atomic E-state index is -0.685. The lowest BCUT2D eigenvalue weighted by atomic mass is 9.99. The molecule has 3 rings (SSSR count). The SMILES string of the molecule is CCCn1nc(C(=O)OCC(=O)N2CCC(C)CC2)c2ccccc2c1=O. The highest BCUT2D eigenvalue weighted by molar-refractivity contribution is 6.02. The minimum absolute atomic E-state index is 0.0683. The van der Waals surface area contributed by atoms with E-state index < -0.39 is 5.97 Å². The first-order valence-corrected chi connectivity index (χ1v) is 9.46. The van der Waals surface area contributed by atoms with E-state index >= 15 is 0 Å². The number of fused-ring (bicyclic) bond motifs is 1. The van der Waals surface area contributed by atoms with Gasteiger partial charge in [-0.25, -0.2) is 9.48 Å². The predicted molar refractivity (Wildman–Crippen MR) is 102 cm³/mol. The second-order valence-corrected chi connectivity index (χ2v) is 7.06. The van der Waals surface area contributed by atoms with Gasteiger partial charge in [0.15, 0.2) is 12.3 Å². The number of aromatic nitrogens is 2. The van der Waals surface area contributed by atoms with Crippen LogP contribution in [0.25, 0.3) is 10.8 Å². The summed E-state index contributed by atoms with van der Waals surface area (Å²) in [7, 11) is 0. The van der Waals surface area contributed by atoms with Crippen LogP contribution in [0.2, 0.25) is 0 Å². The van der Waals surface area contributed by atoms with Crippen LogP contribution >= 0.6 is 0 Å². The van der Waals surface area contributed by atoms with Gasteiger partial charge in [-0.05, 0) is 31.2 Å². The molecule has 0 atom stereocenters. The van der Waals surface area contributed by atoms with Gasteiger partial charge >= 0.3 is 5.97 Å². The van der Waals surface area contributed by atoms with Crippen LogP contribution in [0.5, 0.6) is 0 Å². The summed E-state index contributed by atoms with van der Waals surface area (Å²) >= 11 is 0. The quantitative estimate of drug-likeness (QED) is 0.753. The monoisotopic (exact) mass is 371 g/mol. The van der Waals surface area contributed by atoms with Crippen LogP contribution in [0.4, 0.5) is 0 Å². The molecule has 0 unspecified atom stereocenters. The summed E-state index contributed by atoms with van der Waals surface area (Å²) in [6.45, 7) is 5.59. The molecule has 1 aromatic carbocycles. The number of rotatable bonds is 5. The lowest BCUT2D eigenvalue weighted by Crippen LogP contribution is -2.40. The van der Waals surface area contributed by atoms with E-state index in [9.17, 15) is 14.4 Å². The number of likely N-dealkylation sites (tertiary alicyclic amines) is 1. The lowest BCUT2D eigenvalue weighted by molar-refractivity contribution is -0.135. The van der Waals surface area contributed by atoms with Crippen molar-refractivity contribution in [2.45, 2.75) is 39.7 Å². The van der Waals surface area contributed by atoms with Gasteiger partial charge in [0, 0.05) is 25.0 Å². The topological polar surface area (TPSA) is 81.5 Å². The first-order chi connectivity index (χ1) is 13.0. The Morgan fingerprint density at radius 3 is 2.52 bits per heavy atom. The first kappa shape index (κ1) is 19.1. The normalized spacial score (nSPS) is 15.1. The lowest BCUT2D eigenvalue weighted by Gasteiger charge is -2.30. The molecule has 144 valence electrons. The molecule has 7 nitrogen and oxygen atoms in total. The van der Waals surface area contributed by atoms with Gasteiger partial charge in [0.1, 0.15) is 0 Å². The van der Waals surface area contributed by atoms with Gasteiger partial charge in [0.25, 0.3) is 11.5 Å². The van der Waals surface area contributed by atoms with E-state index in [0.29, 0.717) is 42.7 Å². The number of benzene rings is 1. The molecule has 0 spiro atoms. The summed E-state index contributed by atoms with van der Waals surface area (Å²) in [6.07, 6.45) is 2.65. The molecule has 1 aliphatic rings. The Morgan fingerprint density at radius 1 is 1.19 bits per heavy atom. The Balaban J connectivity index is 1.78. The van der Waals surface area contributed by atoms with E-state index in [-0.39, 0.29) is 23.8 Å². The van der Waals surface area contributed by atoms with E-state index in [2.05, 4.69) is 12.0 Å². The highest BCUT2D eigenvalue weighted by Gasteiger charge is 2.23. The number of amides is 1. The molecule has 1 amide bonds. The van der Waals surface area contributed by atoms with Gasteiger partial charge in [-0.2, -0.15) is 5.10 Å². The van der Waals surface area contributed by atoms with Gasteiger partial charge in [0.05, 0.1) is 5.39 Å². The summed E-state index contributed by atoms with van der Waals surface area (Å²) in [6, 6.07) is 6.83. The zero-order valence-corrected chi connectivity index (χ0v) is 15.8. The predicted octanol–water partition coefficient (Wildman–Crippen LogP) is 2.22. The van der Waals surface area contributed by atoms with Gasteiger partial charge < -0.3 is 9.64 Å². The third-order valence-electron chi connectivity index (χ3n) is 4.96. The van der Waals surface area contributed by atoms with E-state index in [0.717, 1.165) is 12.8 Å². The third kappa shape index (κ3) is 4.18. The van der Waals surface area contributed by atoms with Crippen molar-refractivity contribution in [3.05, 3.63) is 40.3 Å². The Morgan fingerprint density at radius 2 is 1.85 bits per heavy atom. The number of aryl methyl sites for hydroxylation is 1. The second-order valence-electron chi connectivity index (χ2n) is 7.06. The van der Waals surface area contributed by atoms with Crippen LogP contribution in [-0.4, -0.2) is 46.3 Å². The smallest absolute Gasteiger partial charge is 0.359 e. The van der Waals surface area contributed by atoms with Crippen LogP contribution in [-0.2, 0) is 16.1 Å². The molecule has 0 N–H and O–H groups in total. The molecule has 1 aromatic heterocycles. The Hall–Kier alpha value is -2.70. The van der Waals surface area contributed by atoms with E-state index in [4.69, 9.17) is 4.74 Å². The maximum Gasteiger partial charge on any atom is 0.359 e. The van der Waals surface area contributed by atoms with Gasteiger partial charge in [-0.15, -0.1) is 0 Å². The van der Waals surface area contributed by atoms with Crippen LogP contribution < -0.4 is 5.56 Å². The van der Waals surface area contributed by atoms with Crippen molar-refractivity contribution in [3.63, 3.8) is 0 Å². The summed E-state index contributed by atoms with van der Waals surface area (Å²) < 4.78 is 6.53. The van der Waals surface area contributed by atoms with Crippen molar-refractivity contribution in [1.29, 1.82) is 0 Å². The molecule has 1 saturated heterocycles. The minimum Gasteiger partial charge on any atom is -0.451 e. The summed E-state index contributed by atoms with van der Waals surface area (Å²) in [5, 5.41) is 5.06. The van der Waals surface area contributed by atoms with Crippen LogP contribution in [0.3, 0.4) is 0 Å². The molecule has 1 aliphatic heterocycles. The highest BCUT2D eigenvalue weighted by atomic mass is 16.5. The molecular formula is C20H25N3O4. The fourth-order valence-electron chi connectivity index (χ4n) is 3.29. The molecule has 7 heteroatoms. The fraction of sp³-hybridized carbons (Fsp3) is 0.500. The van der Waals surface area contributed by atoms with Gasteiger partial charge in [-0.1, -0.05) is 32.0 Å². The summed E-state index contributed by atoms with van der Waals surface area (Å²) in [4.78, 5) is 39.1. The molecule has 2 heterocycles.